The SMILES string of the molecule is Cc1c(Cl)cccc1N1C[C@H](C(=O)Oc2ccc(N3C(=O)[C@H]4C5c6ccccc6C(c6ccccc65)[C@@H]4C3=O)cc2)CC1=O. The van der Waals surface area contributed by atoms with Crippen LogP contribution in [0.25, 0.3) is 0 Å². The fourth-order valence-electron chi connectivity index (χ4n) is 7.78. The van der Waals surface area contributed by atoms with Crippen LogP contribution >= 0.6 is 11.6 Å². The molecule has 44 heavy (non-hydrogen) atoms. The van der Waals surface area contributed by atoms with E-state index in [-0.39, 0.29) is 48.3 Å². The Morgan fingerprint density at radius 3 is 1.84 bits per heavy atom. The summed E-state index contributed by atoms with van der Waals surface area (Å²) < 4.78 is 5.65. The van der Waals surface area contributed by atoms with Gasteiger partial charge in [0.1, 0.15) is 5.75 Å². The van der Waals surface area contributed by atoms with Gasteiger partial charge in [-0.1, -0.05) is 66.2 Å². The van der Waals surface area contributed by atoms with E-state index in [2.05, 4.69) is 24.3 Å². The summed E-state index contributed by atoms with van der Waals surface area (Å²) in [6, 6.07) is 28.1. The fourth-order valence-corrected chi connectivity index (χ4v) is 7.95. The molecular weight excluding hydrogens is 576 g/mol. The Kier molecular flexibility index (Phi) is 6.04. The lowest BCUT2D eigenvalue weighted by Gasteiger charge is -2.45. The first kappa shape index (κ1) is 26.8. The zero-order chi connectivity index (χ0) is 30.3. The number of benzene rings is 4. The van der Waals surface area contributed by atoms with Gasteiger partial charge in [0.15, 0.2) is 0 Å². The highest BCUT2D eigenvalue weighted by atomic mass is 35.5. The van der Waals surface area contributed by atoms with Crippen molar-refractivity contribution in [1.29, 1.82) is 0 Å². The van der Waals surface area contributed by atoms with Gasteiger partial charge in [-0.05, 0) is 71.1 Å². The number of nitrogens with zero attached hydrogens (tertiary/aromatic N) is 2. The number of carbonyl (C=O) groups is 4. The van der Waals surface area contributed by atoms with Crippen molar-refractivity contribution in [2.24, 2.45) is 17.8 Å². The Labute approximate surface area is 259 Å². The third kappa shape index (κ3) is 3.82. The zero-order valence-electron chi connectivity index (χ0n) is 23.8. The lowest BCUT2D eigenvalue weighted by atomic mass is 9.55. The molecule has 218 valence electrons. The number of imide groups is 1. The molecule has 3 amide bonds. The summed E-state index contributed by atoms with van der Waals surface area (Å²) in [7, 11) is 0. The molecular formula is C36H27ClN2O5. The number of hydrogen-bond donors (Lipinski definition) is 0. The predicted molar refractivity (Wildman–Crippen MR) is 165 cm³/mol. The highest BCUT2D eigenvalue weighted by Gasteiger charge is 2.61. The van der Waals surface area contributed by atoms with E-state index < -0.39 is 23.7 Å². The highest BCUT2D eigenvalue weighted by molar-refractivity contribution is 6.31. The summed E-state index contributed by atoms with van der Waals surface area (Å²) in [5.41, 5.74) is 6.39. The first-order valence-electron chi connectivity index (χ1n) is 14.8. The standard InChI is InChI=1S/C36H27ClN2O5/c1-19-27(37)11-6-12-28(19)38-18-20(17-29(38)40)36(43)44-22-15-13-21(14-16-22)39-34(41)32-30-23-7-2-3-8-24(23)31(33(32)35(39)42)26-10-5-4-9-25(26)30/h2-16,20,30-33H,17-18H2,1H3/t20-,30?,31?,32+,33+/m1/s1. The summed E-state index contributed by atoms with van der Waals surface area (Å²) in [5.74, 6) is -2.75. The Bertz CT molecular complexity index is 1790. The van der Waals surface area contributed by atoms with Gasteiger partial charge in [0.25, 0.3) is 0 Å². The number of anilines is 2. The predicted octanol–water partition coefficient (Wildman–Crippen LogP) is 6.00. The minimum absolute atomic E-state index is 0.0372. The molecule has 0 radical (unpaired) electrons. The number of carbonyl (C=O) groups excluding carboxylic acids is 4. The van der Waals surface area contributed by atoms with Crippen LogP contribution in [0.3, 0.4) is 0 Å². The lowest BCUT2D eigenvalue weighted by molar-refractivity contribution is -0.139. The van der Waals surface area contributed by atoms with Gasteiger partial charge in [-0.2, -0.15) is 0 Å². The molecule has 2 saturated heterocycles. The van der Waals surface area contributed by atoms with Crippen LogP contribution in [0, 0.1) is 24.7 Å². The number of hydrogen-bond acceptors (Lipinski definition) is 5. The maximum Gasteiger partial charge on any atom is 0.316 e. The monoisotopic (exact) mass is 602 g/mol. The van der Waals surface area contributed by atoms with E-state index in [9.17, 15) is 19.2 Å². The summed E-state index contributed by atoms with van der Waals surface area (Å²) in [5, 5.41) is 0.553. The molecule has 9 rings (SSSR count). The van der Waals surface area contributed by atoms with Gasteiger partial charge in [-0.3, -0.25) is 19.2 Å². The fraction of sp³-hybridized carbons (Fsp3) is 0.222. The van der Waals surface area contributed by atoms with E-state index in [1.165, 1.54) is 4.90 Å². The van der Waals surface area contributed by atoms with Crippen molar-refractivity contribution in [3.05, 3.63) is 124 Å². The molecule has 0 N–H and O–H groups in total. The van der Waals surface area contributed by atoms with E-state index >= 15 is 0 Å². The number of amides is 3. The zero-order valence-corrected chi connectivity index (χ0v) is 24.5. The second-order valence-corrected chi connectivity index (χ2v) is 12.4. The minimum Gasteiger partial charge on any atom is -0.426 e. The Morgan fingerprint density at radius 1 is 0.750 bits per heavy atom. The van der Waals surface area contributed by atoms with Gasteiger partial charge in [-0.25, -0.2) is 4.90 Å². The molecule has 3 aliphatic carbocycles. The molecule has 8 heteroatoms. The van der Waals surface area contributed by atoms with Crippen LogP contribution in [-0.2, 0) is 19.2 Å². The van der Waals surface area contributed by atoms with Gasteiger partial charge >= 0.3 is 5.97 Å². The second kappa shape index (κ2) is 9.89. The normalized spacial score (nSPS) is 24.8. The van der Waals surface area contributed by atoms with Crippen molar-refractivity contribution < 1.29 is 23.9 Å². The molecule has 7 nitrogen and oxygen atoms in total. The average molecular weight is 603 g/mol. The van der Waals surface area contributed by atoms with Crippen LogP contribution < -0.4 is 14.5 Å². The summed E-state index contributed by atoms with van der Waals surface area (Å²) >= 11 is 6.24. The van der Waals surface area contributed by atoms with Crippen LogP contribution in [-0.4, -0.2) is 30.2 Å². The van der Waals surface area contributed by atoms with Crippen LogP contribution in [0.1, 0.15) is 46.1 Å². The molecule has 0 spiro atoms. The molecule has 0 aromatic heterocycles. The van der Waals surface area contributed by atoms with Gasteiger partial charge in [0.2, 0.25) is 17.7 Å². The van der Waals surface area contributed by atoms with Gasteiger partial charge in [-0.15, -0.1) is 0 Å². The Balaban J connectivity index is 1.02. The molecule has 2 heterocycles. The smallest absolute Gasteiger partial charge is 0.316 e. The molecule has 2 fully saturated rings. The number of halogens is 1. The highest BCUT2D eigenvalue weighted by Crippen LogP contribution is 2.61. The van der Waals surface area contributed by atoms with Crippen LogP contribution in [0.4, 0.5) is 11.4 Å². The summed E-state index contributed by atoms with van der Waals surface area (Å²) in [6.07, 6.45) is 0.0372. The van der Waals surface area contributed by atoms with Crippen molar-refractivity contribution in [2.75, 3.05) is 16.3 Å². The third-order valence-electron chi connectivity index (χ3n) is 9.75. The van der Waals surface area contributed by atoms with Crippen molar-refractivity contribution in [3.63, 3.8) is 0 Å². The number of ether oxygens (including phenoxy) is 1. The quantitative estimate of drug-likeness (QED) is 0.162. The van der Waals surface area contributed by atoms with E-state index in [1.54, 1.807) is 41.3 Å². The van der Waals surface area contributed by atoms with E-state index in [0.717, 1.165) is 27.8 Å². The van der Waals surface area contributed by atoms with Crippen molar-refractivity contribution in [2.45, 2.75) is 25.2 Å². The van der Waals surface area contributed by atoms with E-state index in [4.69, 9.17) is 16.3 Å². The minimum atomic E-state index is -0.635. The molecule has 3 atom stereocenters. The van der Waals surface area contributed by atoms with Crippen LogP contribution in [0.2, 0.25) is 5.02 Å². The molecule has 0 unspecified atom stereocenters. The number of rotatable bonds is 4. The van der Waals surface area contributed by atoms with Gasteiger partial charge in [0, 0.05) is 35.5 Å². The average Bonchev–Trinajstić information content (AvgIpc) is 3.55. The molecule has 2 bridgehead atoms. The van der Waals surface area contributed by atoms with Gasteiger partial charge in [0.05, 0.1) is 23.4 Å². The van der Waals surface area contributed by atoms with Crippen molar-refractivity contribution >= 4 is 46.7 Å². The molecule has 5 aliphatic rings. The van der Waals surface area contributed by atoms with E-state index in [0.29, 0.717) is 16.4 Å². The maximum atomic E-state index is 14.0. The van der Waals surface area contributed by atoms with Crippen LogP contribution in [0.15, 0.2) is 91.0 Å². The third-order valence-corrected chi connectivity index (χ3v) is 10.2. The molecule has 4 aromatic rings. The molecule has 0 saturated carbocycles. The Hall–Kier alpha value is -4.75. The van der Waals surface area contributed by atoms with Crippen molar-refractivity contribution in [1.82, 2.24) is 0 Å². The first-order valence-corrected chi connectivity index (χ1v) is 15.1. The largest absolute Gasteiger partial charge is 0.426 e. The topological polar surface area (TPSA) is 84.0 Å². The lowest BCUT2D eigenvalue weighted by Crippen LogP contribution is -2.41. The maximum absolute atomic E-state index is 14.0. The van der Waals surface area contributed by atoms with Crippen molar-refractivity contribution in [3.8, 4) is 5.75 Å². The summed E-state index contributed by atoms with van der Waals surface area (Å²) in [6.45, 7) is 2.04. The molecule has 4 aromatic carbocycles. The van der Waals surface area contributed by atoms with E-state index in [1.807, 2.05) is 37.3 Å². The first-order chi connectivity index (χ1) is 21.3. The van der Waals surface area contributed by atoms with Gasteiger partial charge < -0.3 is 9.64 Å². The Morgan fingerprint density at radius 2 is 1.30 bits per heavy atom. The second-order valence-electron chi connectivity index (χ2n) is 12.0. The number of esters is 1. The van der Waals surface area contributed by atoms with Crippen LogP contribution in [0.5, 0.6) is 5.75 Å². The molecule has 2 aliphatic heterocycles. The summed E-state index contributed by atoms with van der Waals surface area (Å²) in [4.78, 5) is 56.7.